The van der Waals surface area contributed by atoms with Crippen molar-refractivity contribution in [1.82, 2.24) is 5.01 Å². The number of hydrogen-bond donors (Lipinski definition) is 1. The average molecular weight is 395 g/mol. The molecule has 1 unspecified atom stereocenters. The van der Waals surface area contributed by atoms with Gasteiger partial charge in [0.05, 0.1) is 19.9 Å². The maximum absolute atomic E-state index is 12.9. The SMILES string of the molecule is COc1ccc(C2=NN(C(=O)c3ccc(NC(C)=O)cc3)CCC2C)cc1OC. The molecule has 2 aromatic carbocycles. The van der Waals surface area contributed by atoms with Gasteiger partial charge in [-0.25, -0.2) is 5.01 Å². The molecule has 0 fully saturated rings. The third kappa shape index (κ3) is 4.56. The quantitative estimate of drug-likeness (QED) is 0.840. The van der Waals surface area contributed by atoms with Crippen LogP contribution in [0.1, 0.15) is 36.2 Å². The van der Waals surface area contributed by atoms with E-state index in [9.17, 15) is 9.59 Å². The fourth-order valence-electron chi connectivity index (χ4n) is 3.26. The van der Waals surface area contributed by atoms with Gasteiger partial charge in [0.2, 0.25) is 5.91 Å². The topological polar surface area (TPSA) is 80.2 Å². The van der Waals surface area contributed by atoms with Crippen LogP contribution in [0.25, 0.3) is 0 Å². The van der Waals surface area contributed by atoms with Gasteiger partial charge in [0.25, 0.3) is 5.91 Å². The normalized spacial score (nSPS) is 16.1. The lowest BCUT2D eigenvalue weighted by molar-refractivity contribution is -0.114. The van der Waals surface area contributed by atoms with Gasteiger partial charge in [-0.2, -0.15) is 5.10 Å². The number of nitrogens with zero attached hydrogens (tertiary/aromatic N) is 2. The summed E-state index contributed by atoms with van der Waals surface area (Å²) in [6.45, 7) is 4.09. The minimum atomic E-state index is -0.177. The molecule has 0 bridgehead atoms. The molecule has 152 valence electrons. The van der Waals surface area contributed by atoms with E-state index in [1.807, 2.05) is 18.2 Å². The number of ether oxygens (including phenoxy) is 2. The molecule has 1 atom stereocenters. The van der Waals surface area contributed by atoms with E-state index in [0.717, 1.165) is 17.7 Å². The van der Waals surface area contributed by atoms with Gasteiger partial charge in [0.15, 0.2) is 11.5 Å². The van der Waals surface area contributed by atoms with E-state index in [1.54, 1.807) is 38.5 Å². The van der Waals surface area contributed by atoms with Crippen LogP contribution in [0.4, 0.5) is 5.69 Å². The highest BCUT2D eigenvalue weighted by Gasteiger charge is 2.26. The second-order valence-corrected chi connectivity index (χ2v) is 6.93. The number of benzene rings is 2. The molecular formula is C22H25N3O4. The summed E-state index contributed by atoms with van der Waals surface area (Å²) in [6, 6.07) is 12.4. The summed E-state index contributed by atoms with van der Waals surface area (Å²) in [5.41, 5.74) is 2.90. The van der Waals surface area contributed by atoms with E-state index in [1.165, 1.54) is 11.9 Å². The van der Waals surface area contributed by atoms with Crippen LogP contribution < -0.4 is 14.8 Å². The van der Waals surface area contributed by atoms with Crippen molar-refractivity contribution in [3.05, 3.63) is 53.6 Å². The maximum Gasteiger partial charge on any atom is 0.273 e. The van der Waals surface area contributed by atoms with Gasteiger partial charge in [-0.3, -0.25) is 9.59 Å². The predicted octanol–water partition coefficient (Wildman–Crippen LogP) is 3.55. The van der Waals surface area contributed by atoms with Crippen molar-refractivity contribution in [2.75, 3.05) is 26.1 Å². The summed E-state index contributed by atoms with van der Waals surface area (Å²) in [4.78, 5) is 24.1. The highest BCUT2D eigenvalue weighted by atomic mass is 16.5. The van der Waals surface area contributed by atoms with Crippen molar-refractivity contribution in [3.63, 3.8) is 0 Å². The summed E-state index contributed by atoms with van der Waals surface area (Å²) >= 11 is 0. The molecule has 1 N–H and O–H groups in total. The third-order valence-electron chi connectivity index (χ3n) is 4.84. The van der Waals surface area contributed by atoms with Gasteiger partial charge in [0.1, 0.15) is 0 Å². The molecule has 0 spiro atoms. The zero-order valence-corrected chi connectivity index (χ0v) is 17.1. The zero-order valence-electron chi connectivity index (χ0n) is 17.1. The number of amides is 2. The van der Waals surface area contributed by atoms with Crippen molar-refractivity contribution in [2.24, 2.45) is 11.0 Å². The lowest BCUT2D eigenvalue weighted by Gasteiger charge is -2.28. The molecule has 0 radical (unpaired) electrons. The summed E-state index contributed by atoms with van der Waals surface area (Å²) < 4.78 is 10.7. The lowest BCUT2D eigenvalue weighted by atomic mass is 9.93. The molecule has 0 saturated heterocycles. The molecule has 1 aliphatic heterocycles. The Balaban J connectivity index is 1.86. The average Bonchev–Trinajstić information content (AvgIpc) is 2.73. The highest BCUT2D eigenvalue weighted by Crippen LogP contribution is 2.30. The van der Waals surface area contributed by atoms with Crippen LogP contribution in [-0.2, 0) is 4.79 Å². The van der Waals surface area contributed by atoms with Crippen LogP contribution in [0.5, 0.6) is 11.5 Å². The van der Waals surface area contributed by atoms with Crippen LogP contribution in [-0.4, -0.2) is 43.3 Å². The number of carbonyl (C=O) groups is 2. The largest absolute Gasteiger partial charge is 0.493 e. The van der Waals surface area contributed by atoms with Gasteiger partial charge in [-0.1, -0.05) is 6.92 Å². The number of methoxy groups -OCH3 is 2. The molecular weight excluding hydrogens is 370 g/mol. The second-order valence-electron chi connectivity index (χ2n) is 6.93. The Labute approximate surface area is 170 Å². The van der Waals surface area contributed by atoms with Gasteiger partial charge in [0, 0.05) is 36.2 Å². The van der Waals surface area contributed by atoms with Crippen LogP contribution in [0.15, 0.2) is 47.6 Å². The Hall–Kier alpha value is -3.35. The molecule has 1 aliphatic rings. The van der Waals surface area contributed by atoms with Crippen molar-refractivity contribution in [2.45, 2.75) is 20.3 Å². The maximum atomic E-state index is 12.9. The first kappa shape index (κ1) is 20.4. The monoisotopic (exact) mass is 395 g/mol. The number of hydrazone groups is 1. The highest BCUT2D eigenvalue weighted by molar-refractivity contribution is 6.04. The second kappa shape index (κ2) is 8.77. The molecule has 0 saturated carbocycles. The minimum absolute atomic E-state index is 0.154. The molecule has 7 nitrogen and oxygen atoms in total. The van der Waals surface area contributed by atoms with Crippen molar-refractivity contribution in [3.8, 4) is 11.5 Å². The van der Waals surface area contributed by atoms with E-state index in [2.05, 4.69) is 17.3 Å². The van der Waals surface area contributed by atoms with Crippen LogP contribution in [0.3, 0.4) is 0 Å². The Morgan fingerprint density at radius 2 is 1.76 bits per heavy atom. The van der Waals surface area contributed by atoms with E-state index in [0.29, 0.717) is 29.3 Å². The van der Waals surface area contributed by atoms with Crippen molar-refractivity contribution >= 4 is 23.2 Å². The molecule has 0 aromatic heterocycles. The number of carbonyl (C=O) groups excluding carboxylic acids is 2. The smallest absolute Gasteiger partial charge is 0.273 e. The Bertz CT molecular complexity index is 938. The third-order valence-corrected chi connectivity index (χ3v) is 4.84. The molecule has 1 heterocycles. The molecule has 2 aromatic rings. The van der Waals surface area contributed by atoms with Crippen molar-refractivity contribution in [1.29, 1.82) is 0 Å². The Morgan fingerprint density at radius 1 is 1.07 bits per heavy atom. The first-order valence-corrected chi connectivity index (χ1v) is 9.43. The summed E-state index contributed by atoms with van der Waals surface area (Å²) in [7, 11) is 3.18. The Morgan fingerprint density at radius 3 is 2.38 bits per heavy atom. The number of anilines is 1. The van der Waals surface area contributed by atoms with Gasteiger partial charge in [-0.05, 0) is 48.9 Å². The number of rotatable bonds is 5. The van der Waals surface area contributed by atoms with Gasteiger partial charge >= 0.3 is 0 Å². The van der Waals surface area contributed by atoms with E-state index in [-0.39, 0.29) is 17.7 Å². The summed E-state index contributed by atoms with van der Waals surface area (Å²) in [6.07, 6.45) is 0.808. The van der Waals surface area contributed by atoms with E-state index >= 15 is 0 Å². The number of hydrogen-bond acceptors (Lipinski definition) is 5. The number of nitrogens with one attached hydrogen (secondary N) is 1. The van der Waals surface area contributed by atoms with Crippen LogP contribution >= 0.6 is 0 Å². The van der Waals surface area contributed by atoms with Gasteiger partial charge < -0.3 is 14.8 Å². The van der Waals surface area contributed by atoms with Crippen molar-refractivity contribution < 1.29 is 19.1 Å². The summed E-state index contributed by atoms with van der Waals surface area (Å²) in [5.74, 6) is 1.14. The fourth-order valence-corrected chi connectivity index (χ4v) is 3.26. The molecule has 0 aliphatic carbocycles. The first-order chi connectivity index (χ1) is 13.9. The van der Waals surface area contributed by atoms with E-state index in [4.69, 9.17) is 9.47 Å². The standard InChI is InChI=1S/C22H25N3O4/c1-14-11-12-25(22(27)16-5-8-18(9-6-16)23-15(2)26)24-21(14)17-7-10-19(28-3)20(13-17)29-4/h5-10,13-14H,11-12H2,1-4H3,(H,23,26). The fraction of sp³-hybridized carbons (Fsp3) is 0.318. The van der Waals surface area contributed by atoms with Crippen LogP contribution in [0, 0.1) is 5.92 Å². The molecule has 3 rings (SSSR count). The molecule has 7 heteroatoms. The minimum Gasteiger partial charge on any atom is -0.493 e. The van der Waals surface area contributed by atoms with Crippen LogP contribution in [0.2, 0.25) is 0 Å². The summed E-state index contributed by atoms with van der Waals surface area (Å²) in [5, 5.41) is 8.84. The molecule has 29 heavy (non-hydrogen) atoms. The zero-order chi connectivity index (χ0) is 21.0. The lowest BCUT2D eigenvalue weighted by Crippen LogP contribution is -2.35. The van der Waals surface area contributed by atoms with E-state index < -0.39 is 0 Å². The Kier molecular flexibility index (Phi) is 6.16. The first-order valence-electron chi connectivity index (χ1n) is 9.43. The molecule has 2 amide bonds. The van der Waals surface area contributed by atoms with Gasteiger partial charge in [-0.15, -0.1) is 0 Å². The predicted molar refractivity (Wildman–Crippen MR) is 112 cm³/mol.